The molecule has 29 heavy (non-hydrogen) atoms. The number of aliphatic hydroxyl groups excluding tert-OH is 1. The normalized spacial score (nSPS) is 16.3. The molecule has 1 fully saturated rings. The van der Waals surface area contributed by atoms with Gasteiger partial charge in [-0.3, -0.25) is 14.9 Å². The predicted molar refractivity (Wildman–Crippen MR) is 132 cm³/mol. The van der Waals surface area contributed by atoms with Gasteiger partial charge < -0.3 is 15.7 Å². The minimum atomic E-state index is 0. The number of nitrogens with zero attached hydrogens (tertiary/aromatic N) is 3. The second-order valence-corrected chi connectivity index (χ2v) is 7.89. The Morgan fingerprint density at radius 3 is 2.52 bits per heavy atom. The highest BCUT2D eigenvalue weighted by molar-refractivity contribution is 14.0. The lowest BCUT2D eigenvalue weighted by atomic mass is 9.79. The number of halogens is 1. The third-order valence-electron chi connectivity index (χ3n) is 6.10. The highest BCUT2D eigenvalue weighted by atomic mass is 127. The Bertz CT molecular complexity index is 572. The summed E-state index contributed by atoms with van der Waals surface area (Å²) in [5.41, 5.74) is 1.24. The van der Waals surface area contributed by atoms with Gasteiger partial charge in [-0.25, -0.2) is 0 Å². The molecule has 166 valence electrons. The number of aliphatic hydroxyl groups is 1. The zero-order valence-electron chi connectivity index (χ0n) is 18.4. The van der Waals surface area contributed by atoms with Crippen molar-refractivity contribution in [3.8, 4) is 0 Å². The zero-order chi connectivity index (χ0) is 20.2. The van der Waals surface area contributed by atoms with Gasteiger partial charge in [-0.05, 0) is 56.6 Å². The van der Waals surface area contributed by atoms with E-state index in [9.17, 15) is 5.11 Å². The van der Waals surface area contributed by atoms with Crippen LogP contribution in [-0.4, -0.2) is 59.8 Å². The molecular weight excluding hydrogens is 477 g/mol. The molecule has 0 aliphatic carbocycles. The number of rotatable bonds is 10. The fraction of sp³-hybridized carbons (Fsp3) is 0.727. The monoisotopic (exact) mass is 517 g/mol. The van der Waals surface area contributed by atoms with Crippen molar-refractivity contribution in [2.75, 3.05) is 32.8 Å². The maximum absolute atomic E-state index is 9.44. The smallest absolute Gasteiger partial charge is 0.191 e. The van der Waals surface area contributed by atoms with Crippen molar-refractivity contribution >= 4 is 29.9 Å². The molecular formula is C22H40IN5O. The Kier molecular flexibility index (Phi) is 12.7. The van der Waals surface area contributed by atoms with Gasteiger partial charge in [-0.1, -0.05) is 19.9 Å². The van der Waals surface area contributed by atoms with Gasteiger partial charge in [-0.2, -0.15) is 0 Å². The van der Waals surface area contributed by atoms with Crippen LogP contribution in [0.15, 0.2) is 29.4 Å². The largest absolute Gasteiger partial charge is 0.396 e. The summed E-state index contributed by atoms with van der Waals surface area (Å²) in [5, 5.41) is 16.5. The quantitative estimate of drug-likeness (QED) is 0.252. The van der Waals surface area contributed by atoms with E-state index in [-0.39, 0.29) is 36.0 Å². The lowest BCUT2D eigenvalue weighted by molar-refractivity contribution is 0.175. The second kappa shape index (κ2) is 14.1. The zero-order valence-corrected chi connectivity index (χ0v) is 20.7. The summed E-state index contributed by atoms with van der Waals surface area (Å²) in [6.45, 7) is 11.4. The Labute approximate surface area is 194 Å². The first-order valence-electron chi connectivity index (χ1n) is 10.9. The van der Waals surface area contributed by atoms with Gasteiger partial charge in [0.15, 0.2) is 5.96 Å². The van der Waals surface area contributed by atoms with E-state index >= 15 is 0 Å². The predicted octanol–water partition coefficient (Wildman–Crippen LogP) is 3.41. The first-order chi connectivity index (χ1) is 13.6. The molecule has 1 saturated heterocycles. The van der Waals surface area contributed by atoms with E-state index in [1.165, 1.54) is 0 Å². The summed E-state index contributed by atoms with van der Waals surface area (Å²) < 4.78 is 0. The van der Waals surface area contributed by atoms with E-state index in [0.29, 0.717) is 6.04 Å². The van der Waals surface area contributed by atoms with Gasteiger partial charge >= 0.3 is 0 Å². The van der Waals surface area contributed by atoms with Crippen molar-refractivity contribution in [2.24, 2.45) is 10.4 Å². The number of hydrogen-bond acceptors (Lipinski definition) is 4. The van der Waals surface area contributed by atoms with Crippen LogP contribution in [0.1, 0.15) is 58.6 Å². The standard InChI is InChI=1S/C22H39N5O.HI/c1-4-22(5-2,12-16-28)18-25-21(23-6-3)26-19-10-14-27(15-11-19)17-20-9-7-8-13-24-20;/h7-9,13,19,28H,4-6,10-12,14-18H2,1-3H3,(H2,23,25,26);1H. The molecule has 1 aliphatic rings. The molecule has 6 nitrogen and oxygen atoms in total. The fourth-order valence-corrected chi connectivity index (χ4v) is 3.86. The van der Waals surface area contributed by atoms with Crippen LogP contribution in [-0.2, 0) is 6.54 Å². The van der Waals surface area contributed by atoms with Crippen LogP contribution in [0, 0.1) is 5.41 Å². The molecule has 0 amide bonds. The number of nitrogens with one attached hydrogen (secondary N) is 2. The molecule has 7 heteroatoms. The van der Waals surface area contributed by atoms with E-state index in [4.69, 9.17) is 4.99 Å². The van der Waals surface area contributed by atoms with Crippen LogP contribution >= 0.6 is 24.0 Å². The van der Waals surface area contributed by atoms with Crippen molar-refractivity contribution in [1.29, 1.82) is 0 Å². The molecule has 0 atom stereocenters. The minimum Gasteiger partial charge on any atom is -0.396 e. The van der Waals surface area contributed by atoms with Crippen LogP contribution in [0.3, 0.4) is 0 Å². The lowest BCUT2D eigenvalue weighted by Gasteiger charge is -2.33. The first kappa shape index (κ1) is 26.1. The molecule has 0 bridgehead atoms. The van der Waals surface area contributed by atoms with Crippen molar-refractivity contribution in [3.63, 3.8) is 0 Å². The highest BCUT2D eigenvalue weighted by Crippen LogP contribution is 2.30. The van der Waals surface area contributed by atoms with Crippen LogP contribution in [0.5, 0.6) is 0 Å². The summed E-state index contributed by atoms with van der Waals surface area (Å²) in [6.07, 6.45) is 6.99. The Morgan fingerprint density at radius 2 is 1.97 bits per heavy atom. The van der Waals surface area contributed by atoms with E-state index in [2.05, 4.69) is 53.4 Å². The summed E-state index contributed by atoms with van der Waals surface area (Å²) in [7, 11) is 0. The average molecular weight is 518 g/mol. The lowest BCUT2D eigenvalue weighted by Crippen LogP contribution is -2.48. The summed E-state index contributed by atoms with van der Waals surface area (Å²) >= 11 is 0. The maximum atomic E-state index is 9.44. The minimum absolute atomic E-state index is 0. The molecule has 1 aromatic rings. The van der Waals surface area contributed by atoms with E-state index in [0.717, 1.165) is 76.5 Å². The molecule has 2 heterocycles. The molecule has 1 aliphatic heterocycles. The summed E-state index contributed by atoms with van der Waals surface area (Å²) in [6, 6.07) is 6.57. The van der Waals surface area contributed by atoms with Crippen LogP contribution in [0.2, 0.25) is 0 Å². The number of aliphatic imine (C=N–C) groups is 1. The molecule has 0 saturated carbocycles. The van der Waals surface area contributed by atoms with Crippen LogP contribution in [0.4, 0.5) is 0 Å². The number of guanidine groups is 1. The van der Waals surface area contributed by atoms with Crippen molar-refractivity contribution in [1.82, 2.24) is 20.5 Å². The molecule has 2 rings (SSSR count). The molecule has 0 unspecified atom stereocenters. The SMILES string of the molecule is CCNC(=NCC(CC)(CC)CCO)NC1CCN(Cc2ccccn2)CC1.I. The van der Waals surface area contributed by atoms with Crippen molar-refractivity contribution in [2.45, 2.75) is 65.5 Å². The fourth-order valence-electron chi connectivity index (χ4n) is 3.86. The van der Waals surface area contributed by atoms with E-state index in [1.807, 2.05) is 12.3 Å². The number of hydrogen-bond donors (Lipinski definition) is 3. The third kappa shape index (κ3) is 8.76. The Balaban J connectivity index is 0.00000420. The second-order valence-electron chi connectivity index (χ2n) is 7.89. The number of pyridine rings is 1. The van der Waals surface area contributed by atoms with Gasteiger partial charge in [0.05, 0.1) is 5.69 Å². The van der Waals surface area contributed by atoms with E-state index < -0.39 is 0 Å². The molecule has 1 aromatic heterocycles. The molecule has 3 N–H and O–H groups in total. The third-order valence-corrected chi connectivity index (χ3v) is 6.10. The summed E-state index contributed by atoms with van der Waals surface area (Å²) in [5.74, 6) is 0.912. The van der Waals surface area contributed by atoms with Gasteiger partial charge in [0.25, 0.3) is 0 Å². The average Bonchev–Trinajstić information content (AvgIpc) is 2.73. The topological polar surface area (TPSA) is 72.8 Å². The molecule has 0 spiro atoms. The van der Waals surface area contributed by atoms with E-state index in [1.54, 1.807) is 0 Å². The number of likely N-dealkylation sites (tertiary alicyclic amines) is 1. The number of aromatic nitrogens is 1. The number of piperidine rings is 1. The van der Waals surface area contributed by atoms with Gasteiger partial charge in [-0.15, -0.1) is 24.0 Å². The Morgan fingerprint density at radius 1 is 1.24 bits per heavy atom. The molecule has 0 radical (unpaired) electrons. The highest BCUT2D eigenvalue weighted by Gasteiger charge is 2.26. The van der Waals surface area contributed by atoms with Gasteiger partial charge in [0.2, 0.25) is 0 Å². The summed E-state index contributed by atoms with van der Waals surface area (Å²) in [4.78, 5) is 11.8. The van der Waals surface area contributed by atoms with Crippen LogP contribution in [0.25, 0.3) is 0 Å². The van der Waals surface area contributed by atoms with Gasteiger partial charge in [0.1, 0.15) is 0 Å². The van der Waals surface area contributed by atoms with Crippen molar-refractivity contribution < 1.29 is 5.11 Å². The van der Waals surface area contributed by atoms with Crippen molar-refractivity contribution in [3.05, 3.63) is 30.1 Å². The molecule has 0 aromatic carbocycles. The van der Waals surface area contributed by atoms with Crippen LogP contribution < -0.4 is 10.6 Å². The maximum Gasteiger partial charge on any atom is 0.191 e. The Hall–Kier alpha value is -0.930. The van der Waals surface area contributed by atoms with Gasteiger partial charge in [0, 0.05) is 51.6 Å². The first-order valence-corrected chi connectivity index (χ1v) is 10.9.